The summed E-state index contributed by atoms with van der Waals surface area (Å²) in [5.41, 5.74) is -1.17. The van der Waals surface area contributed by atoms with Crippen LogP contribution in [0.4, 0.5) is 13.2 Å². The number of nitrogens with zero attached hydrogens (tertiary/aromatic N) is 2. The van der Waals surface area contributed by atoms with Gasteiger partial charge in [0.1, 0.15) is 12.0 Å². The normalized spacial score (nSPS) is 22.5. The van der Waals surface area contributed by atoms with Gasteiger partial charge in [-0.1, -0.05) is 0 Å². The van der Waals surface area contributed by atoms with Crippen LogP contribution in [0.2, 0.25) is 0 Å². The molecule has 2 fully saturated rings. The van der Waals surface area contributed by atoms with Crippen LogP contribution >= 0.6 is 0 Å². The molecule has 6 heteroatoms. The Kier molecular flexibility index (Phi) is 2.80. The van der Waals surface area contributed by atoms with Crippen molar-refractivity contribution in [3.8, 4) is 6.07 Å². The molecule has 2 aliphatic rings. The van der Waals surface area contributed by atoms with Crippen LogP contribution in [0.1, 0.15) is 32.1 Å². The SMILES string of the molecule is N#CC1(C(=O)N(CC(F)(F)F)C2CC2)CCC1. The largest absolute Gasteiger partial charge is 0.406 e. The molecule has 0 aliphatic heterocycles. The van der Waals surface area contributed by atoms with Crippen molar-refractivity contribution >= 4 is 5.91 Å². The van der Waals surface area contributed by atoms with Gasteiger partial charge in [0.2, 0.25) is 5.91 Å². The highest BCUT2D eigenvalue weighted by Crippen LogP contribution is 2.44. The van der Waals surface area contributed by atoms with Gasteiger partial charge in [0.15, 0.2) is 0 Å². The van der Waals surface area contributed by atoms with Crippen LogP contribution in [0.25, 0.3) is 0 Å². The quantitative estimate of drug-likeness (QED) is 0.766. The molecule has 0 saturated heterocycles. The molecule has 2 rings (SSSR count). The molecule has 0 atom stereocenters. The van der Waals surface area contributed by atoms with E-state index >= 15 is 0 Å². The van der Waals surface area contributed by atoms with Gasteiger partial charge in [0.05, 0.1) is 6.07 Å². The van der Waals surface area contributed by atoms with Gasteiger partial charge < -0.3 is 4.90 Å². The Labute approximate surface area is 97.2 Å². The number of amides is 1. The molecule has 0 bridgehead atoms. The lowest BCUT2D eigenvalue weighted by Gasteiger charge is -2.38. The van der Waals surface area contributed by atoms with E-state index in [0.29, 0.717) is 25.7 Å². The molecule has 0 aromatic heterocycles. The van der Waals surface area contributed by atoms with Crippen molar-refractivity contribution in [3.63, 3.8) is 0 Å². The summed E-state index contributed by atoms with van der Waals surface area (Å²) in [4.78, 5) is 12.9. The van der Waals surface area contributed by atoms with Gasteiger partial charge in [-0.05, 0) is 32.1 Å². The monoisotopic (exact) mass is 246 g/mol. The lowest BCUT2D eigenvalue weighted by Crippen LogP contribution is -2.50. The minimum absolute atomic E-state index is 0.310. The Morgan fingerprint density at radius 3 is 2.29 bits per heavy atom. The molecule has 2 aliphatic carbocycles. The van der Waals surface area contributed by atoms with Gasteiger partial charge in [-0.25, -0.2) is 0 Å². The standard InChI is InChI=1S/C11H13F3N2O/c12-11(13,14)7-16(8-2-3-8)9(17)10(6-15)4-1-5-10/h8H,1-5,7H2. The van der Waals surface area contributed by atoms with Crippen molar-refractivity contribution < 1.29 is 18.0 Å². The molecule has 3 nitrogen and oxygen atoms in total. The molecule has 0 radical (unpaired) electrons. The van der Waals surface area contributed by atoms with Crippen molar-refractivity contribution in [1.82, 2.24) is 4.90 Å². The van der Waals surface area contributed by atoms with Crippen LogP contribution in [0.5, 0.6) is 0 Å². The van der Waals surface area contributed by atoms with Crippen LogP contribution in [0.3, 0.4) is 0 Å². The van der Waals surface area contributed by atoms with Gasteiger partial charge in [0, 0.05) is 6.04 Å². The number of carbonyl (C=O) groups is 1. The fraction of sp³-hybridized carbons (Fsp3) is 0.818. The maximum atomic E-state index is 12.4. The van der Waals surface area contributed by atoms with Crippen molar-refractivity contribution in [2.75, 3.05) is 6.54 Å². The highest BCUT2D eigenvalue weighted by molar-refractivity contribution is 5.87. The number of nitriles is 1. The molecule has 0 N–H and O–H groups in total. The predicted octanol–water partition coefficient (Wildman–Crippen LogP) is 2.23. The highest BCUT2D eigenvalue weighted by Gasteiger charge is 2.51. The summed E-state index contributed by atoms with van der Waals surface area (Å²) in [6, 6.07) is 1.59. The Morgan fingerprint density at radius 2 is 2.00 bits per heavy atom. The van der Waals surface area contributed by atoms with Crippen LogP contribution in [-0.2, 0) is 4.79 Å². The summed E-state index contributed by atoms with van der Waals surface area (Å²) in [5.74, 6) is -0.619. The first-order chi connectivity index (χ1) is 7.88. The first kappa shape index (κ1) is 12.2. The summed E-state index contributed by atoms with van der Waals surface area (Å²) >= 11 is 0. The predicted molar refractivity (Wildman–Crippen MR) is 52.7 cm³/mol. The van der Waals surface area contributed by atoms with E-state index in [1.165, 1.54) is 0 Å². The zero-order valence-electron chi connectivity index (χ0n) is 9.26. The minimum Gasteiger partial charge on any atom is -0.329 e. The molecule has 0 unspecified atom stereocenters. The average Bonchev–Trinajstić information content (AvgIpc) is 2.94. The third kappa shape index (κ3) is 2.38. The second-order valence-electron chi connectivity index (χ2n) is 4.83. The number of carbonyl (C=O) groups excluding carboxylic acids is 1. The Hall–Kier alpha value is -1.25. The van der Waals surface area contributed by atoms with E-state index < -0.39 is 24.0 Å². The summed E-state index contributed by atoms with van der Waals surface area (Å²) in [5, 5.41) is 8.98. The molecule has 0 spiro atoms. The molecule has 0 heterocycles. The number of halogens is 3. The first-order valence-corrected chi connectivity index (χ1v) is 5.67. The first-order valence-electron chi connectivity index (χ1n) is 5.67. The molecule has 17 heavy (non-hydrogen) atoms. The van der Waals surface area contributed by atoms with Crippen LogP contribution in [0.15, 0.2) is 0 Å². The lowest BCUT2D eigenvalue weighted by atomic mass is 9.69. The van der Waals surface area contributed by atoms with E-state index in [1.54, 1.807) is 0 Å². The minimum atomic E-state index is -4.39. The van der Waals surface area contributed by atoms with Crippen molar-refractivity contribution in [2.45, 2.75) is 44.3 Å². The molecule has 0 aromatic rings. The van der Waals surface area contributed by atoms with E-state index in [9.17, 15) is 18.0 Å². The maximum absolute atomic E-state index is 12.4. The fourth-order valence-electron chi connectivity index (χ4n) is 2.12. The molecule has 0 aromatic carbocycles. The Morgan fingerprint density at radius 1 is 1.41 bits per heavy atom. The molecule has 2 saturated carbocycles. The summed E-state index contributed by atoms with van der Waals surface area (Å²) in [6.45, 7) is -1.22. The topological polar surface area (TPSA) is 44.1 Å². The smallest absolute Gasteiger partial charge is 0.329 e. The van der Waals surface area contributed by atoms with Crippen LogP contribution < -0.4 is 0 Å². The fourth-order valence-corrected chi connectivity index (χ4v) is 2.12. The van der Waals surface area contributed by atoms with Gasteiger partial charge in [-0.2, -0.15) is 18.4 Å². The van der Waals surface area contributed by atoms with Crippen LogP contribution in [-0.4, -0.2) is 29.6 Å². The number of rotatable bonds is 3. The zero-order valence-corrected chi connectivity index (χ0v) is 9.26. The number of hydrogen-bond donors (Lipinski definition) is 0. The van der Waals surface area contributed by atoms with Crippen LogP contribution in [0, 0.1) is 16.7 Å². The maximum Gasteiger partial charge on any atom is 0.406 e. The molecule has 94 valence electrons. The summed E-state index contributed by atoms with van der Waals surface area (Å²) < 4.78 is 37.2. The third-order valence-corrected chi connectivity index (χ3v) is 3.43. The summed E-state index contributed by atoms with van der Waals surface area (Å²) in [7, 11) is 0. The molecular formula is C11H13F3N2O. The second kappa shape index (κ2) is 3.90. The van der Waals surface area contributed by atoms with Gasteiger partial charge in [-0.15, -0.1) is 0 Å². The van der Waals surface area contributed by atoms with E-state index in [2.05, 4.69) is 0 Å². The lowest BCUT2D eigenvalue weighted by molar-refractivity contribution is -0.169. The third-order valence-electron chi connectivity index (χ3n) is 3.43. The zero-order chi connectivity index (χ0) is 12.7. The van der Waals surface area contributed by atoms with E-state index in [1.807, 2.05) is 6.07 Å². The summed E-state index contributed by atoms with van der Waals surface area (Å²) in [6.07, 6.45) is -1.64. The number of hydrogen-bond acceptors (Lipinski definition) is 2. The van der Waals surface area contributed by atoms with Gasteiger partial charge in [0.25, 0.3) is 0 Å². The second-order valence-corrected chi connectivity index (χ2v) is 4.83. The van der Waals surface area contributed by atoms with E-state index in [-0.39, 0.29) is 6.04 Å². The van der Waals surface area contributed by atoms with Crippen molar-refractivity contribution in [1.29, 1.82) is 5.26 Å². The van der Waals surface area contributed by atoms with Gasteiger partial charge >= 0.3 is 6.18 Å². The van der Waals surface area contributed by atoms with E-state index in [0.717, 1.165) is 11.3 Å². The van der Waals surface area contributed by atoms with Crippen molar-refractivity contribution in [2.24, 2.45) is 5.41 Å². The molecular weight excluding hydrogens is 233 g/mol. The van der Waals surface area contributed by atoms with E-state index in [4.69, 9.17) is 5.26 Å². The number of alkyl halides is 3. The Bertz CT molecular complexity index is 364. The highest BCUT2D eigenvalue weighted by atomic mass is 19.4. The average molecular weight is 246 g/mol. The Balaban J connectivity index is 2.11. The van der Waals surface area contributed by atoms with Crippen molar-refractivity contribution in [3.05, 3.63) is 0 Å². The van der Waals surface area contributed by atoms with Gasteiger partial charge in [-0.3, -0.25) is 4.79 Å². The molecule has 1 amide bonds.